The molecule has 3 rings (SSSR count). The average molecular weight is 325 g/mol. The van der Waals surface area contributed by atoms with Crippen LogP contribution in [0.3, 0.4) is 0 Å². The molecule has 3 fully saturated rings. The summed E-state index contributed by atoms with van der Waals surface area (Å²) in [7, 11) is 0. The number of fused-ring (bicyclic) bond motifs is 5. The summed E-state index contributed by atoms with van der Waals surface area (Å²) in [6.07, 6.45) is 8.11. The van der Waals surface area contributed by atoms with Crippen molar-refractivity contribution in [1.82, 2.24) is 0 Å². The molecule has 0 amide bonds. The Kier molecular flexibility index (Phi) is 3.67. The number of esters is 1. The monoisotopic (exact) mass is 326 g/mol. The van der Waals surface area contributed by atoms with Crippen molar-refractivity contribution in [2.45, 2.75) is 38.2 Å². The van der Waals surface area contributed by atoms with Crippen molar-refractivity contribution in [3.63, 3.8) is 0 Å². The van der Waals surface area contributed by atoms with Gasteiger partial charge in [-0.3, -0.25) is 0 Å². The van der Waals surface area contributed by atoms with Crippen LogP contribution in [0.4, 0.5) is 0 Å². The van der Waals surface area contributed by atoms with Gasteiger partial charge in [0.25, 0.3) is 0 Å². The molecule has 86 valence electrons. The van der Waals surface area contributed by atoms with E-state index in [1.165, 1.54) is 31.8 Å². The van der Waals surface area contributed by atoms with Crippen molar-refractivity contribution < 1.29 is 9.53 Å². The largest absolute Gasteiger partial charge is 0.459 e. The molecule has 3 heteroatoms. The molecule has 0 aromatic carbocycles. The third-order valence-corrected chi connectivity index (χ3v) is 4.80. The number of hydrogen-bond acceptors (Lipinski definition) is 2. The predicted octanol–water partition coefficient (Wildman–Crippen LogP) is 2.16. The molecule has 16 heavy (non-hydrogen) atoms. The van der Waals surface area contributed by atoms with Crippen LogP contribution in [-0.2, 0) is 9.53 Å². The molecule has 0 aromatic heterocycles. The molecular formula is C13H18O2Sn. The van der Waals surface area contributed by atoms with E-state index in [1.807, 2.05) is 0 Å². The molecule has 0 aliphatic heterocycles. The number of rotatable bonds is 2. The molecule has 0 heterocycles. The number of carbonyl (C=O) groups is 1. The maximum atomic E-state index is 11.2. The zero-order chi connectivity index (χ0) is 10.4. The second-order valence-electron chi connectivity index (χ2n) is 5.33. The second kappa shape index (κ2) is 4.71. The Bertz CT molecular complexity index is 302. The number of carbonyl (C=O) groups excluding carboxylic acids is 1. The summed E-state index contributed by atoms with van der Waals surface area (Å²) < 4.78 is 5.45. The summed E-state index contributed by atoms with van der Waals surface area (Å²) >= 11 is 0. The van der Waals surface area contributed by atoms with Gasteiger partial charge in [0, 0.05) is 30.0 Å². The summed E-state index contributed by atoms with van der Waals surface area (Å²) in [5, 5.41) is 0. The van der Waals surface area contributed by atoms with Crippen LogP contribution >= 0.6 is 0 Å². The normalized spacial score (nSPS) is 43.6. The van der Waals surface area contributed by atoms with Crippen molar-refractivity contribution in [3.05, 3.63) is 12.7 Å². The van der Waals surface area contributed by atoms with Gasteiger partial charge in [-0.05, 0) is 49.4 Å². The third kappa shape index (κ3) is 1.83. The zero-order valence-corrected chi connectivity index (χ0v) is 12.4. The first-order chi connectivity index (χ1) is 7.29. The summed E-state index contributed by atoms with van der Waals surface area (Å²) in [5.74, 6) is 3.12. The van der Waals surface area contributed by atoms with Gasteiger partial charge in [-0.15, -0.1) is 0 Å². The van der Waals surface area contributed by atoms with E-state index in [-0.39, 0.29) is 36.0 Å². The molecule has 4 radical (unpaired) electrons. The molecular weight excluding hydrogens is 307 g/mol. The van der Waals surface area contributed by atoms with Gasteiger partial charge in [0.1, 0.15) is 6.10 Å². The van der Waals surface area contributed by atoms with Crippen LogP contribution in [0, 0.1) is 23.7 Å². The molecule has 2 bridgehead atoms. The molecule has 3 saturated carbocycles. The van der Waals surface area contributed by atoms with E-state index in [1.54, 1.807) is 0 Å². The van der Waals surface area contributed by atoms with Crippen LogP contribution in [0.25, 0.3) is 0 Å². The van der Waals surface area contributed by atoms with Crippen LogP contribution in [0.2, 0.25) is 0 Å². The summed E-state index contributed by atoms with van der Waals surface area (Å²) in [5.41, 5.74) is 0. The van der Waals surface area contributed by atoms with Crippen LogP contribution in [-0.4, -0.2) is 36.0 Å². The molecule has 5 unspecified atom stereocenters. The Morgan fingerprint density at radius 3 is 2.69 bits per heavy atom. The van der Waals surface area contributed by atoms with Crippen molar-refractivity contribution >= 4 is 29.9 Å². The Morgan fingerprint density at radius 1 is 1.19 bits per heavy atom. The maximum Gasteiger partial charge on any atom is 0.330 e. The molecule has 0 spiro atoms. The topological polar surface area (TPSA) is 26.3 Å². The Labute approximate surface area is 114 Å². The van der Waals surface area contributed by atoms with Gasteiger partial charge in [0.15, 0.2) is 0 Å². The fourth-order valence-corrected chi connectivity index (χ4v) is 4.34. The van der Waals surface area contributed by atoms with Crippen LogP contribution < -0.4 is 0 Å². The first-order valence-electron chi connectivity index (χ1n) is 6.12. The second-order valence-corrected chi connectivity index (χ2v) is 5.33. The van der Waals surface area contributed by atoms with E-state index >= 15 is 0 Å². The SMILES string of the molecule is C=CC(=O)OC1CC2CC1C1CCCC21.[Sn]. The summed E-state index contributed by atoms with van der Waals surface area (Å²) in [6, 6.07) is 0. The van der Waals surface area contributed by atoms with Crippen LogP contribution in [0.15, 0.2) is 12.7 Å². The van der Waals surface area contributed by atoms with E-state index in [0.717, 1.165) is 24.2 Å². The van der Waals surface area contributed by atoms with E-state index in [2.05, 4.69) is 6.58 Å². The fraction of sp³-hybridized carbons (Fsp3) is 0.769. The molecule has 0 aromatic rings. The smallest absolute Gasteiger partial charge is 0.330 e. The summed E-state index contributed by atoms with van der Waals surface area (Å²) in [4.78, 5) is 11.2. The van der Waals surface area contributed by atoms with Crippen molar-refractivity contribution in [2.24, 2.45) is 23.7 Å². The van der Waals surface area contributed by atoms with E-state index < -0.39 is 0 Å². The Balaban J connectivity index is 0.000000963. The van der Waals surface area contributed by atoms with Gasteiger partial charge in [0.2, 0.25) is 0 Å². The molecule has 3 aliphatic rings. The van der Waals surface area contributed by atoms with Gasteiger partial charge in [-0.25, -0.2) is 4.79 Å². The third-order valence-electron chi connectivity index (χ3n) is 4.80. The minimum atomic E-state index is -0.234. The maximum absolute atomic E-state index is 11.2. The van der Waals surface area contributed by atoms with Gasteiger partial charge in [0.05, 0.1) is 0 Å². The quantitative estimate of drug-likeness (QED) is 0.442. The van der Waals surface area contributed by atoms with Gasteiger partial charge in [-0.1, -0.05) is 13.0 Å². The van der Waals surface area contributed by atoms with E-state index in [0.29, 0.717) is 5.92 Å². The molecule has 0 N–H and O–H groups in total. The first kappa shape index (κ1) is 12.5. The number of hydrogen-bond donors (Lipinski definition) is 0. The predicted molar refractivity (Wildman–Crippen MR) is 62.9 cm³/mol. The molecule has 2 nitrogen and oxygen atoms in total. The Hall–Kier alpha value is 0.00870. The first-order valence-corrected chi connectivity index (χ1v) is 6.12. The van der Waals surface area contributed by atoms with Crippen molar-refractivity contribution in [3.8, 4) is 0 Å². The van der Waals surface area contributed by atoms with Crippen LogP contribution in [0.5, 0.6) is 0 Å². The zero-order valence-electron chi connectivity index (χ0n) is 9.52. The van der Waals surface area contributed by atoms with Crippen molar-refractivity contribution in [2.75, 3.05) is 0 Å². The molecule has 0 saturated heterocycles. The van der Waals surface area contributed by atoms with Gasteiger partial charge in [-0.2, -0.15) is 0 Å². The van der Waals surface area contributed by atoms with Gasteiger partial charge >= 0.3 is 5.97 Å². The van der Waals surface area contributed by atoms with Crippen LogP contribution in [0.1, 0.15) is 32.1 Å². The molecule has 5 atom stereocenters. The van der Waals surface area contributed by atoms with Gasteiger partial charge < -0.3 is 4.74 Å². The Morgan fingerprint density at radius 2 is 1.94 bits per heavy atom. The standard InChI is InChI=1S/C13H18O2.Sn/c1-2-13(14)15-12-7-8-6-11(12)10-5-3-4-9(8)10;/h2,8-12H,1,3-7H2;. The molecule has 3 aliphatic carbocycles. The average Bonchev–Trinajstić information content (AvgIpc) is 2.87. The number of ether oxygens (including phenoxy) is 1. The fourth-order valence-electron chi connectivity index (χ4n) is 4.34. The minimum Gasteiger partial charge on any atom is -0.459 e. The minimum absolute atomic E-state index is 0. The van der Waals surface area contributed by atoms with E-state index in [9.17, 15) is 4.79 Å². The summed E-state index contributed by atoms with van der Waals surface area (Å²) in [6.45, 7) is 3.46. The van der Waals surface area contributed by atoms with E-state index in [4.69, 9.17) is 4.74 Å². The van der Waals surface area contributed by atoms with Crippen molar-refractivity contribution in [1.29, 1.82) is 0 Å².